The highest BCUT2D eigenvalue weighted by molar-refractivity contribution is 7.22. The summed E-state index contributed by atoms with van der Waals surface area (Å²) in [5, 5.41) is 13.3. The number of rotatable bonds is 5. The van der Waals surface area contributed by atoms with Crippen molar-refractivity contribution in [1.82, 2.24) is 9.55 Å². The van der Waals surface area contributed by atoms with Gasteiger partial charge < -0.3 is 14.0 Å². The molecule has 7 nitrogen and oxygen atoms in total. The van der Waals surface area contributed by atoms with E-state index in [9.17, 15) is 4.79 Å². The summed E-state index contributed by atoms with van der Waals surface area (Å²) in [6, 6.07) is 13.8. The molecule has 0 radical (unpaired) electrons. The minimum absolute atomic E-state index is 0.259. The fraction of sp³-hybridized carbons (Fsp3) is 0.174. The van der Waals surface area contributed by atoms with Crippen LogP contribution in [0.5, 0.6) is 11.5 Å². The molecule has 2 aromatic carbocycles. The van der Waals surface area contributed by atoms with E-state index in [-0.39, 0.29) is 5.91 Å². The zero-order valence-corrected chi connectivity index (χ0v) is 17.3. The first-order valence-corrected chi connectivity index (χ1v) is 10.7. The van der Waals surface area contributed by atoms with Gasteiger partial charge in [-0.15, -0.1) is 0 Å². The predicted molar refractivity (Wildman–Crippen MR) is 120 cm³/mol. The number of aromatic nitrogens is 2. The largest absolute Gasteiger partial charge is 0.486 e. The van der Waals surface area contributed by atoms with Gasteiger partial charge in [-0.2, -0.15) is 5.26 Å². The topological polar surface area (TPSA) is 89.2 Å². The standard InChI is InChI=1S/C23H18N4O3S/c24-8-3-9-27-14-15(16-4-1-2-5-18(16)27)6-7-22(28)26-23-25-17-12-19-20(13-21(17)31-23)30-11-10-29-19/h1-2,4-7,12-14H,3,9-11H2,(H,25,26,28)/b7-6+. The van der Waals surface area contributed by atoms with Crippen LogP contribution < -0.4 is 14.8 Å². The number of hydrogen-bond acceptors (Lipinski definition) is 6. The van der Waals surface area contributed by atoms with Crippen molar-refractivity contribution in [3.05, 3.63) is 54.2 Å². The van der Waals surface area contributed by atoms with Crippen molar-refractivity contribution < 1.29 is 14.3 Å². The molecule has 0 bridgehead atoms. The molecule has 8 heteroatoms. The number of anilines is 1. The fourth-order valence-corrected chi connectivity index (χ4v) is 4.47. The predicted octanol–water partition coefficient (Wildman–Crippen LogP) is 4.59. The Kier molecular flexibility index (Phi) is 5.02. The van der Waals surface area contributed by atoms with Gasteiger partial charge in [0.15, 0.2) is 16.6 Å². The minimum Gasteiger partial charge on any atom is -0.486 e. The number of nitriles is 1. The van der Waals surface area contributed by atoms with Gasteiger partial charge in [0.2, 0.25) is 5.91 Å². The van der Waals surface area contributed by atoms with Crippen LogP contribution in [0.15, 0.2) is 48.7 Å². The molecule has 1 aliphatic heterocycles. The Morgan fingerprint density at radius 1 is 1.26 bits per heavy atom. The molecule has 3 heterocycles. The van der Waals surface area contributed by atoms with E-state index in [1.54, 1.807) is 6.08 Å². The van der Waals surface area contributed by atoms with Gasteiger partial charge in [-0.1, -0.05) is 29.5 Å². The quantitative estimate of drug-likeness (QED) is 0.468. The van der Waals surface area contributed by atoms with Crippen molar-refractivity contribution >= 4 is 49.6 Å². The Morgan fingerprint density at radius 2 is 2.06 bits per heavy atom. The van der Waals surface area contributed by atoms with Crippen LogP contribution in [0.3, 0.4) is 0 Å². The Morgan fingerprint density at radius 3 is 2.90 bits per heavy atom. The molecular weight excluding hydrogens is 412 g/mol. The molecule has 0 aliphatic carbocycles. The van der Waals surface area contributed by atoms with E-state index in [0.717, 1.165) is 26.7 Å². The number of nitrogens with one attached hydrogen (secondary N) is 1. The molecule has 154 valence electrons. The van der Waals surface area contributed by atoms with E-state index in [0.29, 0.717) is 42.8 Å². The van der Waals surface area contributed by atoms with Crippen LogP contribution in [-0.2, 0) is 11.3 Å². The van der Waals surface area contributed by atoms with Gasteiger partial charge in [0.05, 0.1) is 22.7 Å². The lowest BCUT2D eigenvalue weighted by Gasteiger charge is -2.17. The van der Waals surface area contributed by atoms with Crippen LogP contribution in [-0.4, -0.2) is 28.7 Å². The molecule has 1 amide bonds. The molecule has 0 spiro atoms. The molecule has 5 rings (SSSR count). The normalized spacial score (nSPS) is 13.0. The number of amides is 1. The highest BCUT2D eigenvalue weighted by Crippen LogP contribution is 2.37. The molecule has 0 saturated heterocycles. The molecule has 1 aliphatic rings. The Hall–Kier alpha value is -3.83. The van der Waals surface area contributed by atoms with Crippen molar-refractivity contribution in [2.24, 2.45) is 0 Å². The summed E-state index contributed by atoms with van der Waals surface area (Å²) < 4.78 is 14.2. The summed E-state index contributed by atoms with van der Waals surface area (Å²) in [5.74, 6) is 1.12. The fourth-order valence-electron chi connectivity index (χ4n) is 3.59. The number of aryl methyl sites for hydroxylation is 1. The smallest absolute Gasteiger partial charge is 0.250 e. The molecule has 0 saturated carbocycles. The van der Waals surface area contributed by atoms with Crippen molar-refractivity contribution in [2.75, 3.05) is 18.5 Å². The first kappa shape index (κ1) is 19.2. The average Bonchev–Trinajstić information content (AvgIpc) is 3.34. The zero-order valence-electron chi connectivity index (χ0n) is 16.5. The number of carbonyl (C=O) groups is 1. The second kappa shape index (κ2) is 8.13. The van der Waals surface area contributed by atoms with Gasteiger partial charge in [-0.25, -0.2) is 4.98 Å². The third-order valence-electron chi connectivity index (χ3n) is 4.98. The molecule has 2 aromatic heterocycles. The van der Waals surface area contributed by atoms with Gasteiger partial charge in [-0.3, -0.25) is 10.1 Å². The van der Waals surface area contributed by atoms with Crippen molar-refractivity contribution in [3.63, 3.8) is 0 Å². The zero-order chi connectivity index (χ0) is 21.2. The number of thiazole rings is 1. The summed E-state index contributed by atoms with van der Waals surface area (Å²) >= 11 is 1.39. The molecule has 4 aromatic rings. The van der Waals surface area contributed by atoms with Gasteiger partial charge in [0, 0.05) is 47.4 Å². The maximum atomic E-state index is 12.5. The lowest BCUT2D eigenvalue weighted by atomic mass is 10.1. The number of fused-ring (bicyclic) bond motifs is 3. The lowest BCUT2D eigenvalue weighted by Crippen LogP contribution is -2.15. The Labute approximate surface area is 182 Å². The molecule has 1 N–H and O–H groups in total. The molecular formula is C23H18N4O3S. The summed E-state index contributed by atoms with van der Waals surface area (Å²) in [7, 11) is 0. The van der Waals surface area contributed by atoms with E-state index < -0.39 is 0 Å². The maximum absolute atomic E-state index is 12.5. The first-order valence-electron chi connectivity index (χ1n) is 9.85. The number of ether oxygens (including phenoxy) is 2. The third kappa shape index (κ3) is 3.83. The van der Waals surface area contributed by atoms with Crippen LogP contribution in [0.25, 0.3) is 27.2 Å². The molecule has 0 unspecified atom stereocenters. The second-order valence-corrected chi connectivity index (χ2v) is 8.04. The summed E-state index contributed by atoms with van der Waals surface area (Å²) in [4.78, 5) is 17.0. The first-order chi connectivity index (χ1) is 15.2. The van der Waals surface area contributed by atoms with E-state index in [1.165, 1.54) is 17.4 Å². The van der Waals surface area contributed by atoms with E-state index in [4.69, 9.17) is 14.7 Å². The number of para-hydroxylation sites is 1. The number of carbonyl (C=O) groups excluding carboxylic acids is 1. The highest BCUT2D eigenvalue weighted by atomic mass is 32.1. The van der Waals surface area contributed by atoms with Crippen LogP contribution >= 0.6 is 11.3 Å². The molecule has 0 fully saturated rings. The molecule has 31 heavy (non-hydrogen) atoms. The Bertz CT molecular complexity index is 1320. The van der Waals surface area contributed by atoms with Crippen LogP contribution in [0.2, 0.25) is 0 Å². The van der Waals surface area contributed by atoms with Crippen LogP contribution in [0.4, 0.5) is 5.13 Å². The number of hydrogen-bond donors (Lipinski definition) is 1. The molecule has 0 atom stereocenters. The SMILES string of the molecule is N#CCCn1cc(/C=C/C(=O)Nc2nc3cc4c(cc3s2)OCCO4)c2ccccc21. The van der Waals surface area contributed by atoms with E-state index in [1.807, 2.05) is 47.2 Å². The monoisotopic (exact) mass is 430 g/mol. The minimum atomic E-state index is -0.259. The average molecular weight is 430 g/mol. The highest BCUT2D eigenvalue weighted by Gasteiger charge is 2.15. The second-order valence-electron chi connectivity index (χ2n) is 7.01. The summed E-state index contributed by atoms with van der Waals surface area (Å²) in [5.41, 5.74) is 2.72. The van der Waals surface area contributed by atoms with E-state index >= 15 is 0 Å². The van der Waals surface area contributed by atoms with Crippen LogP contribution in [0.1, 0.15) is 12.0 Å². The van der Waals surface area contributed by atoms with E-state index in [2.05, 4.69) is 16.4 Å². The maximum Gasteiger partial charge on any atom is 0.250 e. The lowest BCUT2D eigenvalue weighted by molar-refractivity contribution is -0.111. The van der Waals surface area contributed by atoms with Gasteiger partial charge in [0.1, 0.15) is 13.2 Å². The van der Waals surface area contributed by atoms with Gasteiger partial charge >= 0.3 is 0 Å². The summed E-state index contributed by atoms with van der Waals surface area (Å²) in [6.07, 6.45) is 5.68. The van der Waals surface area contributed by atoms with Gasteiger partial charge in [0.25, 0.3) is 0 Å². The van der Waals surface area contributed by atoms with Crippen molar-refractivity contribution in [3.8, 4) is 17.6 Å². The Balaban J connectivity index is 1.35. The van der Waals surface area contributed by atoms with Crippen molar-refractivity contribution in [1.29, 1.82) is 5.26 Å². The number of benzene rings is 2. The third-order valence-corrected chi connectivity index (χ3v) is 5.91. The van der Waals surface area contributed by atoms with Crippen LogP contribution in [0, 0.1) is 11.3 Å². The van der Waals surface area contributed by atoms with Crippen molar-refractivity contribution in [2.45, 2.75) is 13.0 Å². The number of nitrogens with zero attached hydrogens (tertiary/aromatic N) is 3. The van der Waals surface area contributed by atoms with Gasteiger partial charge in [-0.05, 0) is 12.1 Å². The summed E-state index contributed by atoms with van der Waals surface area (Å²) in [6.45, 7) is 1.66.